The van der Waals surface area contributed by atoms with Crippen LogP contribution in [0.25, 0.3) is 0 Å². The number of para-hydroxylation sites is 1. The van der Waals surface area contributed by atoms with Gasteiger partial charge in [0.15, 0.2) is 11.5 Å². The molecule has 0 saturated carbocycles. The molecule has 5 heteroatoms. The number of nitrogens with one attached hydrogen (secondary N) is 1. The van der Waals surface area contributed by atoms with Crippen LogP contribution in [0.15, 0.2) is 18.2 Å². The largest absolute Gasteiger partial charge is 0.493 e. The van der Waals surface area contributed by atoms with Gasteiger partial charge in [0.05, 0.1) is 19.8 Å². The number of carbonyl (C=O) groups is 1. The van der Waals surface area contributed by atoms with E-state index < -0.39 is 0 Å². The van der Waals surface area contributed by atoms with Gasteiger partial charge in [-0.15, -0.1) is 0 Å². The summed E-state index contributed by atoms with van der Waals surface area (Å²) in [6.45, 7) is 5.66. The van der Waals surface area contributed by atoms with Gasteiger partial charge in [-0.3, -0.25) is 4.79 Å². The summed E-state index contributed by atoms with van der Waals surface area (Å²) in [6.07, 6.45) is 0. The van der Waals surface area contributed by atoms with Gasteiger partial charge < -0.3 is 19.7 Å². The van der Waals surface area contributed by atoms with E-state index in [1.807, 2.05) is 11.0 Å². The molecule has 2 atom stereocenters. The maximum absolute atomic E-state index is 12.8. The van der Waals surface area contributed by atoms with Gasteiger partial charge in [-0.25, -0.2) is 0 Å². The molecule has 1 heterocycles. The van der Waals surface area contributed by atoms with Gasteiger partial charge in [0.1, 0.15) is 0 Å². The second-order valence-corrected chi connectivity index (χ2v) is 5.02. The van der Waals surface area contributed by atoms with Crippen molar-refractivity contribution in [2.45, 2.75) is 25.9 Å². The Morgan fingerprint density at radius 1 is 1.30 bits per heavy atom. The Balaban J connectivity index is 2.33. The summed E-state index contributed by atoms with van der Waals surface area (Å²) >= 11 is 0. The second-order valence-electron chi connectivity index (χ2n) is 5.02. The van der Waals surface area contributed by atoms with Gasteiger partial charge in [0.2, 0.25) is 0 Å². The van der Waals surface area contributed by atoms with E-state index in [0.717, 1.165) is 6.54 Å². The van der Waals surface area contributed by atoms with Crippen molar-refractivity contribution >= 4 is 5.91 Å². The summed E-state index contributed by atoms with van der Waals surface area (Å²) in [4.78, 5) is 14.7. The molecule has 0 radical (unpaired) electrons. The van der Waals surface area contributed by atoms with Crippen LogP contribution in [0.3, 0.4) is 0 Å². The number of carbonyl (C=O) groups excluding carboxylic acids is 1. The highest BCUT2D eigenvalue weighted by molar-refractivity contribution is 5.98. The number of amides is 1. The van der Waals surface area contributed by atoms with Crippen molar-refractivity contribution in [1.29, 1.82) is 0 Å². The molecule has 0 aliphatic carbocycles. The van der Waals surface area contributed by atoms with Crippen molar-refractivity contribution in [1.82, 2.24) is 10.2 Å². The van der Waals surface area contributed by atoms with E-state index in [1.54, 1.807) is 26.4 Å². The van der Waals surface area contributed by atoms with Crippen molar-refractivity contribution < 1.29 is 14.3 Å². The SMILES string of the molecule is COc1cccc(C(=O)N2CCNC(C)C2C)c1OC. The molecular weight excluding hydrogens is 256 g/mol. The molecule has 20 heavy (non-hydrogen) atoms. The quantitative estimate of drug-likeness (QED) is 0.911. The first-order valence-electron chi connectivity index (χ1n) is 6.85. The smallest absolute Gasteiger partial charge is 0.258 e. The minimum atomic E-state index is -0.0124. The number of hydrogen-bond donors (Lipinski definition) is 1. The number of rotatable bonds is 3. The normalized spacial score (nSPS) is 22.5. The van der Waals surface area contributed by atoms with Crippen LogP contribution in [0, 0.1) is 0 Å². The number of ether oxygens (including phenoxy) is 2. The summed E-state index contributed by atoms with van der Waals surface area (Å²) in [6, 6.07) is 5.81. The lowest BCUT2D eigenvalue weighted by atomic mass is 10.0. The van der Waals surface area contributed by atoms with Crippen molar-refractivity contribution in [2.24, 2.45) is 0 Å². The lowest BCUT2D eigenvalue weighted by molar-refractivity contribution is 0.0599. The maximum Gasteiger partial charge on any atom is 0.258 e. The fourth-order valence-electron chi connectivity index (χ4n) is 2.55. The first-order chi connectivity index (χ1) is 9.60. The lowest BCUT2D eigenvalue weighted by Crippen LogP contribution is -2.57. The van der Waals surface area contributed by atoms with Crippen LogP contribution in [0.5, 0.6) is 11.5 Å². The molecule has 2 unspecified atom stereocenters. The molecule has 5 nitrogen and oxygen atoms in total. The highest BCUT2D eigenvalue weighted by Gasteiger charge is 2.30. The zero-order valence-corrected chi connectivity index (χ0v) is 12.5. The summed E-state index contributed by atoms with van der Waals surface area (Å²) in [5.74, 6) is 1.06. The highest BCUT2D eigenvalue weighted by Crippen LogP contribution is 2.32. The molecule has 1 amide bonds. The zero-order chi connectivity index (χ0) is 14.7. The van der Waals surface area contributed by atoms with Gasteiger partial charge in [0.25, 0.3) is 5.91 Å². The maximum atomic E-state index is 12.8. The van der Waals surface area contributed by atoms with Crippen LogP contribution >= 0.6 is 0 Å². The Hall–Kier alpha value is -1.75. The first-order valence-corrected chi connectivity index (χ1v) is 6.85. The fourth-order valence-corrected chi connectivity index (χ4v) is 2.55. The van der Waals surface area contributed by atoms with E-state index >= 15 is 0 Å². The summed E-state index contributed by atoms with van der Waals surface area (Å²) in [5, 5.41) is 3.37. The zero-order valence-electron chi connectivity index (χ0n) is 12.5. The highest BCUT2D eigenvalue weighted by atomic mass is 16.5. The lowest BCUT2D eigenvalue weighted by Gasteiger charge is -2.38. The Morgan fingerprint density at radius 2 is 2.05 bits per heavy atom. The minimum Gasteiger partial charge on any atom is -0.493 e. The van der Waals surface area contributed by atoms with Crippen LogP contribution in [-0.4, -0.2) is 50.2 Å². The number of nitrogens with zero attached hydrogens (tertiary/aromatic N) is 1. The Kier molecular flexibility index (Phi) is 4.49. The molecule has 1 saturated heterocycles. The summed E-state index contributed by atoms with van der Waals surface area (Å²) in [7, 11) is 3.13. The molecule has 1 aliphatic heterocycles. The topological polar surface area (TPSA) is 50.8 Å². The molecule has 1 aromatic carbocycles. The molecule has 0 spiro atoms. The molecule has 1 aliphatic rings. The molecule has 1 aromatic rings. The van der Waals surface area contributed by atoms with Gasteiger partial charge in [-0.2, -0.15) is 0 Å². The second kappa shape index (κ2) is 6.13. The van der Waals surface area contributed by atoms with Crippen molar-refractivity contribution in [3.05, 3.63) is 23.8 Å². The van der Waals surface area contributed by atoms with E-state index in [9.17, 15) is 4.79 Å². The Morgan fingerprint density at radius 3 is 2.70 bits per heavy atom. The van der Waals surface area contributed by atoms with Crippen molar-refractivity contribution in [3.8, 4) is 11.5 Å². The van der Waals surface area contributed by atoms with Crippen LogP contribution in [0.1, 0.15) is 24.2 Å². The third-order valence-corrected chi connectivity index (χ3v) is 3.93. The third kappa shape index (κ3) is 2.58. The number of hydrogen-bond acceptors (Lipinski definition) is 4. The molecule has 1 N–H and O–H groups in total. The Labute approximate surface area is 119 Å². The van der Waals surface area contributed by atoms with Gasteiger partial charge in [0, 0.05) is 25.2 Å². The van der Waals surface area contributed by atoms with Crippen LogP contribution in [0.4, 0.5) is 0 Å². The molecular formula is C15H22N2O3. The molecule has 0 aromatic heterocycles. The molecule has 0 bridgehead atoms. The van der Waals surface area contributed by atoms with E-state index in [-0.39, 0.29) is 18.0 Å². The monoisotopic (exact) mass is 278 g/mol. The summed E-state index contributed by atoms with van der Waals surface area (Å²) in [5.41, 5.74) is 0.549. The third-order valence-electron chi connectivity index (χ3n) is 3.93. The molecule has 1 fully saturated rings. The minimum absolute atomic E-state index is 0.0124. The summed E-state index contributed by atoms with van der Waals surface area (Å²) < 4.78 is 10.6. The predicted molar refractivity (Wildman–Crippen MR) is 77.5 cm³/mol. The van der Waals surface area contributed by atoms with Crippen molar-refractivity contribution in [2.75, 3.05) is 27.3 Å². The van der Waals surface area contributed by atoms with Gasteiger partial charge >= 0.3 is 0 Å². The van der Waals surface area contributed by atoms with E-state index in [1.165, 1.54) is 0 Å². The average Bonchev–Trinajstić information content (AvgIpc) is 2.48. The molecule has 110 valence electrons. The fraction of sp³-hybridized carbons (Fsp3) is 0.533. The van der Waals surface area contributed by atoms with Crippen LogP contribution in [-0.2, 0) is 0 Å². The standard InChI is InChI=1S/C15H22N2O3/c1-10-11(2)17(9-8-16-10)15(18)12-6-5-7-13(19-3)14(12)20-4/h5-7,10-11,16H,8-9H2,1-4H3. The first kappa shape index (κ1) is 14.7. The molecule has 2 rings (SSSR count). The van der Waals surface area contributed by atoms with E-state index in [2.05, 4.69) is 19.2 Å². The van der Waals surface area contributed by atoms with Crippen molar-refractivity contribution in [3.63, 3.8) is 0 Å². The Bertz CT molecular complexity index is 490. The van der Waals surface area contributed by atoms with Gasteiger partial charge in [-0.1, -0.05) is 6.07 Å². The average molecular weight is 278 g/mol. The number of methoxy groups -OCH3 is 2. The van der Waals surface area contributed by atoms with Gasteiger partial charge in [-0.05, 0) is 26.0 Å². The van der Waals surface area contributed by atoms with Crippen LogP contribution in [0.2, 0.25) is 0 Å². The van der Waals surface area contributed by atoms with Crippen LogP contribution < -0.4 is 14.8 Å². The number of piperazine rings is 1. The van der Waals surface area contributed by atoms with E-state index in [0.29, 0.717) is 23.6 Å². The number of benzene rings is 1. The predicted octanol–water partition coefficient (Wildman–Crippen LogP) is 1.53. The van der Waals surface area contributed by atoms with E-state index in [4.69, 9.17) is 9.47 Å².